The molecule has 8 nitrogen and oxygen atoms in total. The molecule has 9 heteroatoms. The van der Waals surface area contributed by atoms with E-state index >= 15 is 0 Å². The predicted molar refractivity (Wildman–Crippen MR) is 109 cm³/mol. The SMILES string of the molecule is CC(C)C[C@H](NC(=O)OCc1ccccc1)C(=O)NC(C#N)CC(C)S(C)(=O)=O. The molecule has 2 amide bonds. The van der Waals surface area contributed by atoms with Crippen LogP contribution in [0.2, 0.25) is 0 Å². The van der Waals surface area contributed by atoms with Crippen molar-refractivity contribution in [3.05, 3.63) is 35.9 Å². The highest BCUT2D eigenvalue weighted by Crippen LogP contribution is 2.10. The summed E-state index contributed by atoms with van der Waals surface area (Å²) in [5.41, 5.74) is 0.812. The number of carbonyl (C=O) groups is 2. The summed E-state index contributed by atoms with van der Waals surface area (Å²) in [6, 6.07) is 9.14. The van der Waals surface area contributed by atoms with E-state index in [0.717, 1.165) is 11.8 Å². The lowest BCUT2D eigenvalue weighted by molar-refractivity contribution is -0.123. The van der Waals surface area contributed by atoms with Crippen LogP contribution in [0.15, 0.2) is 30.3 Å². The zero-order valence-electron chi connectivity index (χ0n) is 17.2. The van der Waals surface area contributed by atoms with E-state index in [9.17, 15) is 23.3 Å². The van der Waals surface area contributed by atoms with Crippen LogP contribution in [0.1, 0.15) is 39.2 Å². The molecule has 0 spiro atoms. The minimum Gasteiger partial charge on any atom is -0.445 e. The summed E-state index contributed by atoms with van der Waals surface area (Å²) in [6.07, 6.45) is 0.646. The average Bonchev–Trinajstić information content (AvgIpc) is 2.64. The quantitative estimate of drug-likeness (QED) is 0.594. The average molecular weight is 424 g/mol. The summed E-state index contributed by atoms with van der Waals surface area (Å²) >= 11 is 0. The maximum atomic E-state index is 12.6. The third-order valence-electron chi connectivity index (χ3n) is 4.30. The molecule has 0 aliphatic carbocycles. The molecule has 1 rings (SSSR count). The first-order valence-corrected chi connectivity index (χ1v) is 11.3. The van der Waals surface area contributed by atoms with Crippen molar-refractivity contribution in [3.63, 3.8) is 0 Å². The van der Waals surface area contributed by atoms with E-state index in [2.05, 4.69) is 10.6 Å². The molecule has 0 fully saturated rings. The van der Waals surface area contributed by atoms with Crippen LogP contribution in [0.5, 0.6) is 0 Å². The van der Waals surface area contributed by atoms with Crippen LogP contribution < -0.4 is 10.6 Å². The second-order valence-electron chi connectivity index (χ2n) is 7.45. The molecule has 160 valence electrons. The van der Waals surface area contributed by atoms with Crippen molar-refractivity contribution in [2.75, 3.05) is 6.26 Å². The molecule has 1 aromatic carbocycles. The van der Waals surface area contributed by atoms with E-state index in [0.29, 0.717) is 6.42 Å². The minimum atomic E-state index is -3.33. The van der Waals surface area contributed by atoms with E-state index in [-0.39, 0.29) is 18.9 Å². The highest BCUT2D eigenvalue weighted by Gasteiger charge is 2.27. The lowest BCUT2D eigenvalue weighted by Crippen LogP contribution is -2.50. The highest BCUT2D eigenvalue weighted by molar-refractivity contribution is 7.91. The number of nitriles is 1. The largest absolute Gasteiger partial charge is 0.445 e. The Morgan fingerprint density at radius 3 is 2.24 bits per heavy atom. The molecule has 0 aromatic heterocycles. The monoisotopic (exact) mass is 423 g/mol. The first-order valence-electron chi connectivity index (χ1n) is 9.39. The Labute approximate surface area is 172 Å². The van der Waals surface area contributed by atoms with Crippen molar-refractivity contribution in [3.8, 4) is 6.07 Å². The Morgan fingerprint density at radius 1 is 1.10 bits per heavy atom. The standard InChI is InChI=1S/C20H29N3O5S/c1-14(2)10-18(23-20(25)28-13-16-8-6-5-7-9-16)19(24)22-17(12-21)11-15(3)29(4,26)27/h5-9,14-15,17-18H,10-11,13H2,1-4H3,(H,22,24)(H,23,25)/t15?,17?,18-/m0/s1. The summed E-state index contributed by atoms with van der Waals surface area (Å²) in [4.78, 5) is 24.7. The lowest BCUT2D eigenvalue weighted by Gasteiger charge is -2.22. The van der Waals surface area contributed by atoms with Crippen molar-refractivity contribution < 1.29 is 22.7 Å². The fourth-order valence-electron chi connectivity index (χ4n) is 2.53. The van der Waals surface area contributed by atoms with E-state index in [4.69, 9.17) is 4.74 Å². The fraction of sp³-hybridized carbons (Fsp3) is 0.550. The number of nitrogens with zero attached hydrogens (tertiary/aromatic N) is 1. The number of ether oxygens (including phenoxy) is 1. The third kappa shape index (κ3) is 9.43. The molecular weight excluding hydrogens is 394 g/mol. The van der Waals surface area contributed by atoms with Crippen LogP contribution in [0.25, 0.3) is 0 Å². The Kier molecular flexibility index (Phi) is 9.62. The van der Waals surface area contributed by atoms with Gasteiger partial charge in [0.25, 0.3) is 0 Å². The molecule has 0 radical (unpaired) electrons. The molecule has 0 aliphatic heterocycles. The van der Waals surface area contributed by atoms with Gasteiger partial charge in [-0.3, -0.25) is 4.79 Å². The van der Waals surface area contributed by atoms with Crippen molar-refractivity contribution in [2.45, 2.75) is 57.6 Å². The van der Waals surface area contributed by atoms with Gasteiger partial charge in [-0.15, -0.1) is 0 Å². The molecule has 0 saturated heterocycles. The second kappa shape index (κ2) is 11.4. The number of rotatable bonds is 10. The van der Waals surface area contributed by atoms with Gasteiger partial charge in [0.1, 0.15) is 28.5 Å². The Hall–Kier alpha value is -2.60. The number of hydrogen-bond donors (Lipinski definition) is 2. The first kappa shape index (κ1) is 24.4. The zero-order chi connectivity index (χ0) is 22.0. The van der Waals surface area contributed by atoms with E-state index in [1.807, 2.05) is 50.2 Å². The van der Waals surface area contributed by atoms with Crippen LogP contribution in [-0.4, -0.2) is 44.0 Å². The van der Waals surface area contributed by atoms with Gasteiger partial charge >= 0.3 is 6.09 Å². The fourth-order valence-corrected chi connectivity index (χ4v) is 3.07. The summed E-state index contributed by atoms with van der Waals surface area (Å²) in [6.45, 7) is 5.33. The van der Waals surface area contributed by atoms with Crippen molar-refractivity contribution >= 4 is 21.8 Å². The number of hydrogen-bond acceptors (Lipinski definition) is 6. The third-order valence-corrected chi connectivity index (χ3v) is 5.95. The molecule has 2 unspecified atom stereocenters. The van der Waals surface area contributed by atoms with Gasteiger partial charge in [-0.05, 0) is 31.2 Å². The van der Waals surface area contributed by atoms with Gasteiger partial charge in [-0.1, -0.05) is 44.2 Å². The molecule has 0 heterocycles. The van der Waals surface area contributed by atoms with E-state index in [1.165, 1.54) is 6.92 Å². The van der Waals surface area contributed by atoms with Gasteiger partial charge in [-0.25, -0.2) is 13.2 Å². The minimum absolute atomic E-state index is 0.0338. The van der Waals surface area contributed by atoms with Crippen LogP contribution in [0.4, 0.5) is 4.79 Å². The van der Waals surface area contributed by atoms with Crippen molar-refractivity contribution in [1.29, 1.82) is 5.26 Å². The molecular formula is C20H29N3O5S. The molecule has 3 atom stereocenters. The maximum absolute atomic E-state index is 12.6. The Morgan fingerprint density at radius 2 is 1.72 bits per heavy atom. The normalized spacial score (nSPS) is 14.3. The zero-order valence-corrected chi connectivity index (χ0v) is 18.0. The smallest absolute Gasteiger partial charge is 0.408 e. The van der Waals surface area contributed by atoms with Gasteiger partial charge < -0.3 is 15.4 Å². The topological polar surface area (TPSA) is 125 Å². The highest BCUT2D eigenvalue weighted by atomic mass is 32.2. The van der Waals surface area contributed by atoms with Crippen LogP contribution >= 0.6 is 0 Å². The summed E-state index contributed by atoms with van der Waals surface area (Å²) < 4.78 is 28.3. The molecule has 1 aromatic rings. The van der Waals surface area contributed by atoms with Crippen LogP contribution in [0, 0.1) is 17.2 Å². The van der Waals surface area contributed by atoms with Crippen LogP contribution in [0.3, 0.4) is 0 Å². The van der Waals surface area contributed by atoms with E-state index < -0.39 is 39.2 Å². The predicted octanol–water partition coefficient (Wildman–Crippen LogP) is 2.16. The maximum Gasteiger partial charge on any atom is 0.408 e. The summed E-state index contributed by atoms with van der Waals surface area (Å²) in [5, 5.41) is 13.5. The van der Waals surface area contributed by atoms with Gasteiger partial charge in [0, 0.05) is 6.26 Å². The number of benzene rings is 1. The molecule has 0 saturated carbocycles. The molecule has 0 bridgehead atoms. The Balaban J connectivity index is 2.71. The second-order valence-corrected chi connectivity index (χ2v) is 9.92. The first-order chi connectivity index (χ1) is 13.5. The number of nitrogens with one attached hydrogen (secondary N) is 2. The summed E-state index contributed by atoms with van der Waals surface area (Å²) in [5.74, 6) is -0.460. The Bertz CT molecular complexity index is 818. The van der Waals surface area contributed by atoms with Crippen molar-refractivity contribution in [1.82, 2.24) is 10.6 Å². The van der Waals surface area contributed by atoms with E-state index in [1.54, 1.807) is 0 Å². The van der Waals surface area contributed by atoms with Gasteiger partial charge in [-0.2, -0.15) is 5.26 Å². The number of amides is 2. The van der Waals surface area contributed by atoms with Gasteiger partial charge in [0.05, 0.1) is 11.3 Å². The molecule has 2 N–H and O–H groups in total. The van der Waals surface area contributed by atoms with Gasteiger partial charge in [0.2, 0.25) is 5.91 Å². The summed E-state index contributed by atoms with van der Waals surface area (Å²) in [7, 11) is -3.33. The number of carbonyl (C=O) groups excluding carboxylic acids is 2. The van der Waals surface area contributed by atoms with Crippen LogP contribution in [-0.2, 0) is 26.0 Å². The number of sulfone groups is 1. The molecule has 29 heavy (non-hydrogen) atoms. The molecule has 0 aliphatic rings. The van der Waals surface area contributed by atoms with Crippen molar-refractivity contribution in [2.24, 2.45) is 5.92 Å². The lowest BCUT2D eigenvalue weighted by atomic mass is 10.0. The van der Waals surface area contributed by atoms with Gasteiger partial charge in [0.15, 0.2) is 0 Å². The number of alkyl carbamates (subject to hydrolysis) is 1.